The lowest BCUT2D eigenvalue weighted by Crippen LogP contribution is -2.39. The first-order valence-electron chi connectivity index (χ1n) is 10.5. The van der Waals surface area contributed by atoms with E-state index in [-0.39, 0.29) is 0 Å². The van der Waals surface area contributed by atoms with Gasteiger partial charge in [0.2, 0.25) is 5.95 Å². The highest BCUT2D eigenvalue weighted by Gasteiger charge is 2.23. The number of hydrogen-bond donors (Lipinski definition) is 2. The maximum absolute atomic E-state index is 5.06. The molecular formula is C20H33N5. The van der Waals surface area contributed by atoms with E-state index in [9.17, 15) is 0 Å². The smallest absolute Gasteiger partial charge is 0.225 e. The van der Waals surface area contributed by atoms with Crippen molar-refractivity contribution in [3.8, 4) is 0 Å². The molecule has 1 aromatic rings. The summed E-state index contributed by atoms with van der Waals surface area (Å²) in [5, 5.41) is 7.12. The Balaban J connectivity index is 1.62. The van der Waals surface area contributed by atoms with Gasteiger partial charge in [-0.15, -0.1) is 0 Å². The van der Waals surface area contributed by atoms with E-state index < -0.39 is 0 Å². The van der Waals surface area contributed by atoms with Crippen molar-refractivity contribution in [2.24, 2.45) is 0 Å². The zero-order valence-electron chi connectivity index (χ0n) is 15.5. The molecule has 3 heterocycles. The van der Waals surface area contributed by atoms with Gasteiger partial charge in [-0.05, 0) is 57.9 Å². The van der Waals surface area contributed by atoms with Gasteiger partial charge >= 0.3 is 0 Å². The SMILES string of the molecule is C1CCc2nc(NC3CCCNC3)nc(N3CCCCCC3)c2CC1. The van der Waals surface area contributed by atoms with Crippen LogP contribution in [0.25, 0.3) is 0 Å². The molecule has 0 amide bonds. The summed E-state index contributed by atoms with van der Waals surface area (Å²) in [7, 11) is 0. The van der Waals surface area contributed by atoms with E-state index in [1.54, 1.807) is 0 Å². The predicted octanol–water partition coefficient (Wildman–Crippen LogP) is 3.29. The van der Waals surface area contributed by atoms with Crippen LogP contribution in [-0.4, -0.2) is 42.2 Å². The molecule has 138 valence electrons. The van der Waals surface area contributed by atoms with E-state index in [2.05, 4.69) is 15.5 Å². The largest absolute Gasteiger partial charge is 0.356 e. The highest BCUT2D eigenvalue weighted by molar-refractivity contribution is 5.53. The van der Waals surface area contributed by atoms with Crippen LogP contribution in [-0.2, 0) is 12.8 Å². The average Bonchev–Trinajstić information content (AvgIpc) is 3.05. The van der Waals surface area contributed by atoms with Crippen LogP contribution in [0.5, 0.6) is 0 Å². The summed E-state index contributed by atoms with van der Waals surface area (Å²) in [5.74, 6) is 2.12. The molecule has 5 nitrogen and oxygen atoms in total. The minimum Gasteiger partial charge on any atom is -0.356 e. The summed E-state index contributed by atoms with van der Waals surface area (Å²) in [4.78, 5) is 12.6. The minimum absolute atomic E-state index is 0.467. The number of fused-ring (bicyclic) bond motifs is 1. The molecule has 5 heteroatoms. The molecule has 2 saturated heterocycles. The average molecular weight is 344 g/mol. The van der Waals surface area contributed by atoms with Crippen LogP contribution in [0.1, 0.15) is 69.0 Å². The molecule has 0 saturated carbocycles. The summed E-state index contributed by atoms with van der Waals surface area (Å²) in [6.07, 6.45) is 13.9. The third-order valence-corrected chi connectivity index (χ3v) is 5.95. The fraction of sp³-hybridized carbons (Fsp3) is 0.800. The van der Waals surface area contributed by atoms with Crippen molar-refractivity contribution in [2.75, 3.05) is 36.4 Å². The summed E-state index contributed by atoms with van der Waals surface area (Å²) in [6.45, 7) is 4.49. The lowest BCUT2D eigenvalue weighted by atomic mass is 10.1. The van der Waals surface area contributed by atoms with Crippen LogP contribution in [0, 0.1) is 0 Å². The van der Waals surface area contributed by atoms with Gasteiger partial charge in [0, 0.05) is 31.2 Å². The van der Waals surface area contributed by atoms with E-state index in [0.717, 1.165) is 45.0 Å². The van der Waals surface area contributed by atoms with Gasteiger partial charge in [-0.2, -0.15) is 4.98 Å². The number of anilines is 2. The van der Waals surface area contributed by atoms with Crippen LogP contribution in [0.3, 0.4) is 0 Å². The first-order valence-corrected chi connectivity index (χ1v) is 10.5. The van der Waals surface area contributed by atoms with E-state index >= 15 is 0 Å². The third kappa shape index (κ3) is 4.25. The Morgan fingerprint density at radius 1 is 0.880 bits per heavy atom. The van der Waals surface area contributed by atoms with E-state index in [1.807, 2.05) is 0 Å². The number of rotatable bonds is 3. The zero-order valence-corrected chi connectivity index (χ0v) is 15.5. The van der Waals surface area contributed by atoms with Gasteiger partial charge in [-0.25, -0.2) is 4.98 Å². The van der Waals surface area contributed by atoms with Gasteiger partial charge < -0.3 is 15.5 Å². The van der Waals surface area contributed by atoms with Crippen LogP contribution in [0.4, 0.5) is 11.8 Å². The van der Waals surface area contributed by atoms with Crippen molar-refractivity contribution in [1.82, 2.24) is 15.3 Å². The first-order chi connectivity index (χ1) is 12.4. The quantitative estimate of drug-likeness (QED) is 0.825. The molecule has 0 spiro atoms. The Labute approximate surface area is 152 Å². The molecule has 3 aliphatic rings. The summed E-state index contributed by atoms with van der Waals surface area (Å²) in [6, 6.07) is 0.467. The first kappa shape index (κ1) is 17.1. The molecule has 4 rings (SSSR count). The van der Waals surface area contributed by atoms with Gasteiger partial charge in [0.1, 0.15) is 5.82 Å². The van der Waals surface area contributed by atoms with Crippen LogP contribution in [0.2, 0.25) is 0 Å². The molecular weight excluding hydrogens is 310 g/mol. The molecule has 2 N–H and O–H groups in total. The molecule has 1 aliphatic carbocycles. The maximum Gasteiger partial charge on any atom is 0.225 e. The van der Waals surface area contributed by atoms with Crippen molar-refractivity contribution in [2.45, 2.75) is 76.7 Å². The Morgan fingerprint density at radius 2 is 1.68 bits per heavy atom. The van der Waals surface area contributed by atoms with Crippen molar-refractivity contribution in [3.63, 3.8) is 0 Å². The second-order valence-corrected chi connectivity index (χ2v) is 7.95. The van der Waals surface area contributed by atoms with Crippen molar-refractivity contribution < 1.29 is 0 Å². The van der Waals surface area contributed by atoms with Crippen molar-refractivity contribution >= 4 is 11.8 Å². The van der Waals surface area contributed by atoms with E-state index in [4.69, 9.17) is 9.97 Å². The molecule has 0 radical (unpaired) electrons. The van der Waals surface area contributed by atoms with Gasteiger partial charge in [0.15, 0.2) is 0 Å². The normalized spacial score (nSPS) is 25.0. The fourth-order valence-electron chi connectivity index (χ4n) is 4.52. The Hall–Kier alpha value is -1.36. The zero-order chi connectivity index (χ0) is 16.9. The summed E-state index contributed by atoms with van der Waals surface area (Å²) < 4.78 is 0. The second-order valence-electron chi connectivity index (χ2n) is 7.95. The topological polar surface area (TPSA) is 53.1 Å². The molecule has 0 bridgehead atoms. The molecule has 1 aromatic heterocycles. The summed E-state index contributed by atoms with van der Waals surface area (Å²) >= 11 is 0. The van der Waals surface area contributed by atoms with Crippen LogP contribution < -0.4 is 15.5 Å². The standard InChI is InChI=1S/C20H33N5/c1-2-7-14-25(13-6-1)19-17-10-4-3-5-11-18(17)23-20(24-19)22-16-9-8-12-21-15-16/h16,21H,1-15H2,(H,22,23,24). The fourth-order valence-corrected chi connectivity index (χ4v) is 4.52. The van der Waals surface area contributed by atoms with Gasteiger partial charge in [-0.3, -0.25) is 0 Å². The third-order valence-electron chi connectivity index (χ3n) is 5.95. The number of nitrogens with zero attached hydrogens (tertiary/aromatic N) is 3. The molecule has 0 aromatic carbocycles. The number of aromatic nitrogens is 2. The lowest BCUT2D eigenvalue weighted by molar-refractivity contribution is 0.477. The van der Waals surface area contributed by atoms with Crippen molar-refractivity contribution in [1.29, 1.82) is 0 Å². The van der Waals surface area contributed by atoms with E-state index in [0.29, 0.717) is 6.04 Å². The maximum atomic E-state index is 5.06. The molecule has 25 heavy (non-hydrogen) atoms. The Kier molecular flexibility index (Phi) is 5.70. The molecule has 2 fully saturated rings. The minimum atomic E-state index is 0.467. The number of aryl methyl sites for hydroxylation is 1. The second kappa shape index (κ2) is 8.35. The monoisotopic (exact) mass is 343 g/mol. The summed E-state index contributed by atoms with van der Waals surface area (Å²) in [5.41, 5.74) is 2.77. The lowest BCUT2D eigenvalue weighted by Gasteiger charge is -2.28. The number of hydrogen-bond acceptors (Lipinski definition) is 5. The Morgan fingerprint density at radius 3 is 2.48 bits per heavy atom. The van der Waals surface area contributed by atoms with E-state index in [1.165, 1.54) is 74.9 Å². The van der Waals surface area contributed by atoms with Crippen molar-refractivity contribution in [3.05, 3.63) is 11.3 Å². The highest BCUT2D eigenvalue weighted by atomic mass is 15.2. The number of piperidine rings is 1. The van der Waals surface area contributed by atoms with Crippen LogP contribution in [0.15, 0.2) is 0 Å². The van der Waals surface area contributed by atoms with Gasteiger partial charge in [0.05, 0.1) is 5.69 Å². The molecule has 1 atom stereocenters. The number of nitrogens with one attached hydrogen (secondary N) is 2. The van der Waals surface area contributed by atoms with Gasteiger partial charge in [0.25, 0.3) is 0 Å². The molecule has 2 aliphatic heterocycles. The Bertz CT molecular complexity index is 559. The van der Waals surface area contributed by atoms with Gasteiger partial charge in [-0.1, -0.05) is 19.3 Å². The predicted molar refractivity (Wildman–Crippen MR) is 103 cm³/mol. The molecule has 1 unspecified atom stereocenters. The highest BCUT2D eigenvalue weighted by Crippen LogP contribution is 2.30. The van der Waals surface area contributed by atoms with Crippen LogP contribution >= 0.6 is 0 Å².